The molecule has 2 fully saturated rings. The first-order valence-electron chi connectivity index (χ1n) is 17.8. The van der Waals surface area contributed by atoms with Gasteiger partial charge in [0.25, 0.3) is 5.91 Å². The van der Waals surface area contributed by atoms with Gasteiger partial charge in [0.15, 0.2) is 13.9 Å². The van der Waals surface area contributed by atoms with Crippen molar-refractivity contribution < 1.29 is 38.6 Å². The molecule has 0 aromatic heterocycles. The Labute approximate surface area is 295 Å². The van der Waals surface area contributed by atoms with Crippen molar-refractivity contribution in [3.63, 3.8) is 0 Å². The van der Waals surface area contributed by atoms with E-state index in [4.69, 9.17) is 9.47 Å². The van der Waals surface area contributed by atoms with Crippen molar-refractivity contribution in [3.8, 4) is 0 Å². The maximum Gasteiger partial charge on any atom is 0.305 e. The van der Waals surface area contributed by atoms with Crippen molar-refractivity contribution in [1.29, 1.82) is 0 Å². The smallest absolute Gasteiger partial charge is 0.305 e. The number of ether oxygens (including phenoxy) is 2. The number of benzene rings is 2. The third-order valence-corrected chi connectivity index (χ3v) is 13.0. The number of aliphatic hydroxyl groups is 1. The number of unbranched alkanes of at least 4 members (excludes halogenated alkanes) is 1. The first-order chi connectivity index (χ1) is 23.9. The number of nitrogens with one attached hydrogen (secondary N) is 2. The summed E-state index contributed by atoms with van der Waals surface area (Å²) in [5.74, 6) is -1.61. The molecule has 0 aliphatic carbocycles. The summed E-state index contributed by atoms with van der Waals surface area (Å²) in [5.41, 5.74) is 0.712. The van der Waals surface area contributed by atoms with E-state index in [1.165, 1.54) is 7.11 Å². The van der Waals surface area contributed by atoms with E-state index in [0.717, 1.165) is 24.9 Å². The average molecular weight is 709 g/mol. The molecule has 4 N–H and O–H groups in total. The van der Waals surface area contributed by atoms with E-state index in [0.29, 0.717) is 49.4 Å². The lowest BCUT2D eigenvalue weighted by Crippen LogP contribution is -2.46. The Bertz CT molecular complexity index is 1530. The summed E-state index contributed by atoms with van der Waals surface area (Å²) in [7, 11) is -1.72. The molecular weight excluding hydrogens is 657 g/mol. The van der Waals surface area contributed by atoms with E-state index in [1.807, 2.05) is 62.5 Å². The van der Waals surface area contributed by atoms with Crippen LogP contribution in [-0.4, -0.2) is 92.8 Å². The molecule has 3 aliphatic heterocycles. The molecule has 0 bridgehead atoms. The van der Waals surface area contributed by atoms with Gasteiger partial charge in [-0.3, -0.25) is 19.2 Å². The summed E-state index contributed by atoms with van der Waals surface area (Å²) in [4.78, 5) is 68.7. The van der Waals surface area contributed by atoms with E-state index >= 15 is 0 Å². The van der Waals surface area contributed by atoms with E-state index in [2.05, 4.69) is 10.6 Å². The highest BCUT2D eigenvalue weighted by Crippen LogP contribution is 2.60. The van der Waals surface area contributed by atoms with Crippen LogP contribution in [0.25, 0.3) is 0 Å². The second kappa shape index (κ2) is 16.2. The Balaban J connectivity index is 1.48. The van der Waals surface area contributed by atoms with Crippen LogP contribution in [-0.2, 0) is 40.8 Å². The molecule has 2 aromatic rings. The lowest BCUT2D eigenvalue weighted by atomic mass is 9.82. The number of aliphatic hydroxyl groups excluding tert-OH is 1. The zero-order valence-corrected chi connectivity index (χ0v) is 30.7. The molecule has 5 atom stereocenters. The van der Waals surface area contributed by atoms with E-state index in [1.54, 1.807) is 15.9 Å². The number of rotatable bonds is 14. The number of carbonyl (C=O) groups is 4. The van der Waals surface area contributed by atoms with E-state index in [9.17, 15) is 29.1 Å². The van der Waals surface area contributed by atoms with Gasteiger partial charge in [-0.2, -0.15) is 0 Å². The summed E-state index contributed by atoms with van der Waals surface area (Å²) in [6.07, 6.45) is 2.15. The van der Waals surface area contributed by atoms with Gasteiger partial charge in [-0.25, -0.2) is 0 Å². The van der Waals surface area contributed by atoms with Gasteiger partial charge in [-0.15, -0.1) is 0 Å². The normalized spacial score (nSPS) is 24.7. The largest absolute Gasteiger partial charge is 0.469 e. The molecule has 3 aliphatic rings. The zero-order valence-electron chi connectivity index (χ0n) is 29.7. The Morgan fingerprint density at radius 1 is 1.16 bits per heavy atom. The van der Waals surface area contributed by atoms with Crippen LogP contribution in [0.1, 0.15) is 56.6 Å². The number of carbonyl (C=O) groups excluding carboxylic acids is 4. The van der Waals surface area contributed by atoms with E-state index < -0.39 is 31.5 Å². The number of methoxy groups -OCH3 is 1. The van der Waals surface area contributed by atoms with Crippen molar-refractivity contribution in [3.05, 3.63) is 59.7 Å². The van der Waals surface area contributed by atoms with Gasteiger partial charge >= 0.3 is 5.97 Å². The number of nitrogens with zero attached hydrogens (tertiary/aromatic N) is 2. The van der Waals surface area contributed by atoms with Gasteiger partial charge in [-0.1, -0.05) is 37.3 Å². The highest BCUT2D eigenvalue weighted by atomic mass is 28.4. The van der Waals surface area contributed by atoms with Gasteiger partial charge < -0.3 is 39.8 Å². The molecule has 272 valence electrons. The van der Waals surface area contributed by atoms with Crippen LogP contribution < -0.4 is 15.5 Å². The maximum absolute atomic E-state index is 14.8. The standard InChI is InChI=1S/C37H52N4O8Si/c1-25-34(50(3,4)47)31(22-32(43)40(19-20-42)24-26-11-6-5-7-12-26)49-37(25)29-21-28(39-35(45)27-13-10-17-38-23-27)15-16-30(29)41(36(37)46)18-9-8-14-33(44)48-2/h5-7,11-12,15-16,21,25,27,31,34,38,42,47H,8-10,13-14,17-20,22-24H2,1-4H3,(H,39,45)/t25-,27?,31+,34-,37+/m1/s1. The predicted molar refractivity (Wildman–Crippen MR) is 192 cm³/mol. The number of esters is 1. The van der Waals surface area contributed by atoms with Crippen LogP contribution >= 0.6 is 0 Å². The minimum Gasteiger partial charge on any atom is -0.469 e. The topological polar surface area (TPSA) is 158 Å². The maximum atomic E-state index is 14.8. The molecule has 3 heterocycles. The molecule has 12 nitrogen and oxygen atoms in total. The first kappa shape index (κ1) is 37.6. The Kier molecular flexibility index (Phi) is 12.2. The highest BCUT2D eigenvalue weighted by Gasteiger charge is 2.66. The van der Waals surface area contributed by atoms with Crippen LogP contribution in [0.3, 0.4) is 0 Å². The molecule has 1 spiro atoms. The fourth-order valence-corrected chi connectivity index (χ4v) is 10.6. The van der Waals surface area contributed by atoms with Crippen molar-refractivity contribution in [2.75, 3.05) is 50.1 Å². The first-order valence-corrected chi connectivity index (χ1v) is 20.8. The summed E-state index contributed by atoms with van der Waals surface area (Å²) < 4.78 is 11.7. The zero-order chi connectivity index (χ0) is 36.1. The van der Waals surface area contributed by atoms with Gasteiger partial charge in [0, 0.05) is 55.3 Å². The third kappa shape index (κ3) is 7.97. The quantitative estimate of drug-likeness (QED) is 0.131. The summed E-state index contributed by atoms with van der Waals surface area (Å²) >= 11 is 0. The number of piperidine rings is 1. The highest BCUT2D eigenvalue weighted by molar-refractivity contribution is 6.71. The van der Waals surface area contributed by atoms with Crippen molar-refractivity contribution in [2.24, 2.45) is 11.8 Å². The molecule has 50 heavy (non-hydrogen) atoms. The second-order valence-electron chi connectivity index (χ2n) is 14.3. The Morgan fingerprint density at radius 2 is 1.92 bits per heavy atom. The molecule has 3 amide bonds. The number of amides is 3. The monoisotopic (exact) mass is 708 g/mol. The number of anilines is 2. The number of fused-ring (bicyclic) bond motifs is 2. The molecule has 0 saturated carbocycles. The summed E-state index contributed by atoms with van der Waals surface area (Å²) in [5, 5.41) is 16.2. The molecule has 5 rings (SSSR count). The fourth-order valence-electron chi connectivity index (χ4n) is 8.06. The Morgan fingerprint density at radius 3 is 2.58 bits per heavy atom. The average Bonchev–Trinajstić information content (AvgIpc) is 3.52. The molecule has 2 saturated heterocycles. The lowest BCUT2D eigenvalue weighted by Gasteiger charge is -2.32. The minimum atomic E-state index is -3.07. The summed E-state index contributed by atoms with van der Waals surface area (Å²) in [6.45, 7) is 7.57. The van der Waals surface area contributed by atoms with Gasteiger partial charge in [0.1, 0.15) is 0 Å². The SMILES string of the molecule is COC(=O)CCCCN1C(=O)[C@@]2(O[C@@H](CC(=O)N(CCO)Cc3ccccc3)[C@H]([Si](C)(C)O)[C@H]2C)c2cc(NC(=O)C3CCCNC3)ccc21. The molecule has 0 radical (unpaired) electrons. The molecule has 1 unspecified atom stereocenters. The van der Waals surface area contributed by atoms with Gasteiger partial charge in [0.05, 0.1) is 37.8 Å². The fraction of sp³-hybridized carbons (Fsp3) is 0.568. The van der Waals surface area contributed by atoms with Crippen molar-refractivity contribution in [1.82, 2.24) is 10.2 Å². The van der Waals surface area contributed by atoms with Crippen LogP contribution in [0.4, 0.5) is 11.4 Å². The molecule has 13 heteroatoms. The van der Waals surface area contributed by atoms with E-state index in [-0.39, 0.29) is 55.6 Å². The van der Waals surface area contributed by atoms with Crippen LogP contribution in [0.15, 0.2) is 48.5 Å². The second-order valence-corrected chi connectivity index (χ2v) is 18.3. The van der Waals surface area contributed by atoms with Gasteiger partial charge in [-0.05, 0) is 69.1 Å². The predicted octanol–water partition coefficient (Wildman–Crippen LogP) is 3.52. The molecular formula is C37H52N4O8Si. The number of hydrogen-bond acceptors (Lipinski definition) is 9. The van der Waals surface area contributed by atoms with Crippen LogP contribution in [0.5, 0.6) is 0 Å². The van der Waals surface area contributed by atoms with Crippen molar-refractivity contribution in [2.45, 2.75) is 82.3 Å². The lowest BCUT2D eigenvalue weighted by molar-refractivity contribution is -0.149. The van der Waals surface area contributed by atoms with Gasteiger partial charge in [0.2, 0.25) is 11.8 Å². The van der Waals surface area contributed by atoms with Crippen LogP contribution in [0, 0.1) is 11.8 Å². The molecule has 2 aromatic carbocycles. The third-order valence-electron chi connectivity index (χ3n) is 10.5. The Hall–Kier alpha value is -3.62. The van der Waals surface area contributed by atoms with Crippen LogP contribution in [0.2, 0.25) is 18.6 Å². The summed E-state index contributed by atoms with van der Waals surface area (Å²) in [6, 6.07) is 15.0. The van der Waals surface area contributed by atoms with Crippen molar-refractivity contribution >= 4 is 43.4 Å². The minimum absolute atomic E-state index is 0.0760. The number of hydrogen-bond donors (Lipinski definition) is 4.